The number of nitrogens with zero attached hydrogens (tertiary/aromatic N) is 1. The maximum atomic E-state index is 12.3. The number of ether oxygens (including phenoxy) is 3. The topological polar surface area (TPSA) is 94.6 Å². The van der Waals surface area contributed by atoms with Gasteiger partial charge in [-0.3, -0.25) is 0 Å². The third kappa shape index (κ3) is 2.86. The van der Waals surface area contributed by atoms with Crippen molar-refractivity contribution in [1.29, 1.82) is 5.26 Å². The maximum Gasteiger partial charge on any atom is 0.338 e. The number of benzene rings is 1. The van der Waals surface area contributed by atoms with Gasteiger partial charge < -0.3 is 19.9 Å². The molecule has 0 saturated heterocycles. The first kappa shape index (κ1) is 16.4. The minimum absolute atomic E-state index is 0.00657. The molecule has 1 heterocycles. The lowest BCUT2D eigenvalue weighted by Crippen LogP contribution is -2.26. The first-order valence-electron chi connectivity index (χ1n) is 7.10. The summed E-state index contributed by atoms with van der Waals surface area (Å²) in [5.41, 5.74) is 6.97. The summed E-state index contributed by atoms with van der Waals surface area (Å²) in [5, 5.41) is 9.50. The zero-order valence-electron chi connectivity index (χ0n) is 13.3. The zero-order valence-corrected chi connectivity index (χ0v) is 13.3. The molecule has 0 amide bonds. The molecule has 0 fully saturated rings. The van der Waals surface area contributed by atoms with Crippen molar-refractivity contribution in [3.63, 3.8) is 0 Å². The van der Waals surface area contributed by atoms with Crippen molar-refractivity contribution in [3.8, 4) is 11.8 Å². The Hall–Kier alpha value is -2.94. The molecular formula is C17H18N2O4. The lowest BCUT2D eigenvalue weighted by molar-refractivity contribution is -0.136. The van der Waals surface area contributed by atoms with E-state index in [9.17, 15) is 10.1 Å². The van der Waals surface area contributed by atoms with E-state index in [1.807, 2.05) is 19.1 Å². The van der Waals surface area contributed by atoms with Crippen LogP contribution in [0.15, 0.2) is 47.1 Å². The van der Waals surface area contributed by atoms with Crippen LogP contribution in [-0.2, 0) is 14.3 Å². The van der Waals surface area contributed by atoms with Crippen molar-refractivity contribution in [2.75, 3.05) is 14.2 Å². The van der Waals surface area contributed by atoms with Gasteiger partial charge in [0.1, 0.15) is 23.2 Å². The van der Waals surface area contributed by atoms with E-state index in [2.05, 4.69) is 0 Å². The number of carbonyl (C=O) groups excluding carboxylic acids is 1. The molecule has 0 bridgehead atoms. The van der Waals surface area contributed by atoms with Crippen molar-refractivity contribution >= 4 is 5.97 Å². The van der Waals surface area contributed by atoms with Gasteiger partial charge in [0.2, 0.25) is 5.88 Å². The normalized spacial score (nSPS) is 17.4. The highest BCUT2D eigenvalue weighted by Gasteiger charge is 2.38. The molecule has 23 heavy (non-hydrogen) atoms. The number of para-hydroxylation sites is 1. The summed E-state index contributed by atoms with van der Waals surface area (Å²) in [6, 6.07) is 9.20. The van der Waals surface area contributed by atoms with Crippen LogP contribution in [0.3, 0.4) is 0 Å². The van der Waals surface area contributed by atoms with Crippen LogP contribution in [0.2, 0.25) is 0 Å². The van der Waals surface area contributed by atoms with Gasteiger partial charge in [0, 0.05) is 12.0 Å². The molecule has 0 spiro atoms. The van der Waals surface area contributed by atoms with Crippen LogP contribution in [0.1, 0.15) is 24.8 Å². The number of rotatable bonds is 4. The van der Waals surface area contributed by atoms with E-state index in [0.717, 1.165) is 0 Å². The molecule has 0 radical (unpaired) electrons. The van der Waals surface area contributed by atoms with Gasteiger partial charge in [-0.1, -0.05) is 25.1 Å². The van der Waals surface area contributed by atoms with E-state index >= 15 is 0 Å². The number of carbonyl (C=O) groups is 1. The Labute approximate surface area is 134 Å². The molecule has 120 valence electrons. The summed E-state index contributed by atoms with van der Waals surface area (Å²) in [7, 11) is 2.81. The number of allylic oxidation sites excluding steroid dienone is 2. The van der Waals surface area contributed by atoms with E-state index in [-0.39, 0.29) is 17.0 Å². The fourth-order valence-electron chi connectivity index (χ4n) is 2.63. The highest BCUT2D eigenvalue weighted by molar-refractivity contribution is 5.92. The minimum atomic E-state index is -0.688. The summed E-state index contributed by atoms with van der Waals surface area (Å²) in [4.78, 5) is 12.3. The average molecular weight is 314 g/mol. The Morgan fingerprint density at radius 3 is 2.65 bits per heavy atom. The van der Waals surface area contributed by atoms with E-state index < -0.39 is 11.9 Å². The van der Waals surface area contributed by atoms with Gasteiger partial charge in [-0.15, -0.1) is 0 Å². The Morgan fingerprint density at radius 1 is 1.39 bits per heavy atom. The van der Waals surface area contributed by atoms with Gasteiger partial charge in [-0.05, 0) is 6.07 Å². The first-order valence-corrected chi connectivity index (χ1v) is 7.10. The molecule has 1 aromatic rings. The van der Waals surface area contributed by atoms with Crippen LogP contribution in [0.4, 0.5) is 0 Å². The van der Waals surface area contributed by atoms with Crippen molar-refractivity contribution in [3.05, 3.63) is 52.6 Å². The third-order valence-corrected chi connectivity index (χ3v) is 3.67. The number of nitrogens with two attached hydrogens (primary N) is 1. The van der Waals surface area contributed by atoms with Crippen LogP contribution >= 0.6 is 0 Å². The fourth-order valence-corrected chi connectivity index (χ4v) is 2.63. The molecule has 2 rings (SSSR count). The minimum Gasteiger partial charge on any atom is -0.496 e. The summed E-state index contributed by atoms with van der Waals surface area (Å²) < 4.78 is 15.7. The maximum absolute atomic E-state index is 12.3. The molecule has 1 aliphatic rings. The lowest BCUT2D eigenvalue weighted by Gasteiger charge is -2.28. The number of esters is 1. The van der Waals surface area contributed by atoms with Gasteiger partial charge in [0.25, 0.3) is 0 Å². The van der Waals surface area contributed by atoms with Crippen molar-refractivity contribution < 1.29 is 19.0 Å². The molecule has 0 aromatic heterocycles. The molecule has 2 N–H and O–H groups in total. The summed E-state index contributed by atoms with van der Waals surface area (Å²) in [6.07, 6.45) is 0.440. The van der Waals surface area contributed by atoms with Gasteiger partial charge in [-0.2, -0.15) is 5.26 Å². The van der Waals surface area contributed by atoms with E-state index in [0.29, 0.717) is 23.5 Å². The Morgan fingerprint density at radius 2 is 2.09 bits per heavy atom. The van der Waals surface area contributed by atoms with Crippen molar-refractivity contribution in [2.45, 2.75) is 19.3 Å². The number of hydrogen-bond acceptors (Lipinski definition) is 6. The third-order valence-electron chi connectivity index (χ3n) is 3.67. The highest BCUT2D eigenvalue weighted by Crippen LogP contribution is 2.43. The highest BCUT2D eigenvalue weighted by atomic mass is 16.5. The lowest BCUT2D eigenvalue weighted by atomic mass is 9.82. The SMILES string of the molecule is CCC1=C(C(=O)OC)[C@H](c2ccccc2OC)C(C#N)=C(N)O1. The summed E-state index contributed by atoms with van der Waals surface area (Å²) in [5.74, 6) is -0.306. The number of nitriles is 1. The Kier molecular flexibility index (Phi) is 4.91. The van der Waals surface area contributed by atoms with E-state index in [1.165, 1.54) is 14.2 Å². The second-order valence-electron chi connectivity index (χ2n) is 4.85. The van der Waals surface area contributed by atoms with Crippen molar-refractivity contribution in [2.24, 2.45) is 5.73 Å². The Bertz CT molecular complexity index is 728. The summed E-state index contributed by atoms with van der Waals surface area (Å²) in [6.45, 7) is 1.84. The van der Waals surface area contributed by atoms with Gasteiger partial charge >= 0.3 is 5.97 Å². The molecular weight excluding hydrogens is 296 g/mol. The molecule has 0 saturated carbocycles. The summed E-state index contributed by atoms with van der Waals surface area (Å²) >= 11 is 0. The van der Waals surface area contributed by atoms with Crippen LogP contribution in [-0.4, -0.2) is 20.2 Å². The molecule has 0 unspecified atom stereocenters. The Balaban J connectivity index is 2.74. The first-order chi connectivity index (χ1) is 11.1. The number of methoxy groups -OCH3 is 2. The number of hydrogen-bond donors (Lipinski definition) is 1. The molecule has 1 aliphatic heterocycles. The molecule has 1 atom stereocenters. The van der Waals surface area contributed by atoms with Gasteiger partial charge in [0.15, 0.2) is 0 Å². The fraction of sp³-hybridized carbons (Fsp3) is 0.294. The van der Waals surface area contributed by atoms with E-state index in [4.69, 9.17) is 19.9 Å². The van der Waals surface area contributed by atoms with Crippen molar-refractivity contribution in [1.82, 2.24) is 0 Å². The van der Waals surface area contributed by atoms with Gasteiger partial charge in [-0.25, -0.2) is 4.79 Å². The average Bonchev–Trinajstić information content (AvgIpc) is 2.59. The smallest absolute Gasteiger partial charge is 0.338 e. The zero-order chi connectivity index (χ0) is 17.0. The van der Waals surface area contributed by atoms with Crippen LogP contribution in [0.5, 0.6) is 5.75 Å². The molecule has 0 aliphatic carbocycles. The quantitative estimate of drug-likeness (QED) is 0.857. The predicted octanol–water partition coefficient (Wildman–Crippen LogP) is 2.34. The van der Waals surface area contributed by atoms with Gasteiger partial charge in [0.05, 0.1) is 25.7 Å². The second kappa shape index (κ2) is 6.88. The van der Waals surface area contributed by atoms with E-state index in [1.54, 1.807) is 18.2 Å². The van der Waals surface area contributed by atoms with Crippen LogP contribution in [0, 0.1) is 11.3 Å². The monoisotopic (exact) mass is 314 g/mol. The van der Waals surface area contributed by atoms with Crippen LogP contribution < -0.4 is 10.5 Å². The molecule has 1 aromatic carbocycles. The molecule has 6 heteroatoms. The van der Waals surface area contributed by atoms with Crippen LogP contribution in [0.25, 0.3) is 0 Å². The predicted molar refractivity (Wildman–Crippen MR) is 83.0 cm³/mol. The standard InChI is InChI=1S/C17H18N2O4/c1-4-12-15(17(20)22-3)14(11(9-18)16(19)23-12)10-7-5-6-8-13(10)21-2/h5-8,14H,4,19H2,1-3H3/t14-/m1/s1. The molecule has 6 nitrogen and oxygen atoms in total. The largest absolute Gasteiger partial charge is 0.496 e. The second-order valence-corrected chi connectivity index (χ2v) is 4.85.